The van der Waals surface area contributed by atoms with Gasteiger partial charge >= 0.3 is 0 Å². The highest BCUT2D eigenvalue weighted by Crippen LogP contribution is 2.23. The number of ketones is 1. The van der Waals surface area contributed by atoms with Crippen LogP contribution < -0.4 is 0 Å². The van der Waals surface area contributed by atoms with Crippen LogP contribution in [0.15, 0.2) is 12.1 Å². The zero-order valence-electron chi connectivity index (χ0n) is 11.3. The minimum Gasteiger partial charge on any atom is -0.377 e. The molecule has 0 saturated heterocycles. The lowest BCUT2D eigenvalue weighted by molar-refractivity contribution is 0.0543. The van der Waals surface area contributed by atoms with Crippen molar-refractivity contribution in [2.75, 3.05) is 20.2 Å². The Balaban J connectivity index is 2.47. The van der Waals surface area contributed by atoms with Gasteiger partial charge in [-0.15, -0.1) is 11.3 Å². The van der Waals surface area contributed by atoms with Gasteiger partial charge in [0.25, 0.3) is 0 Å². The summed E-state index contributed by atoms with van der Waals surface area (Å²) in [5.74, 6) is 0.110. The maximum Gasteiger partial charge on any atom is 0.189 e. The van der Waals surface area contributed by atoms with Crippen LogP contribution in [0.25, 0.3) is 0 Å². The van der Waals surface area contributed by atoms with Crippen LogP contribution >= 0.6 is 22.9 Å². The van der Waals surface area contributed by atoms with Crippen molar-refractivity contribution in [3.05, 3.63) is 21.3 Å². The molecule has 1 rings (SSSR count). The lowest BCUT2D eigenvalue weighted by Crippen LogP contribution is -2.38. The fourth-order valence-electron chi connectivity index (χ4n) is 1.48. The number of rotatable bonds is 7. The Labute approximate surface area is 118 Å². The van der Waals surface area contributed by atoms with Crippen molar-refractivity contribution in [2.45, 2.75) is 32.9 Å². The Morgan fingerprint density at radius 3 is 2.61 bits per heavy atom. The number of carbonyl (C=O) groups excluding carboxylic acids is 1. The van der Waals surface area contributed by atoms with Crippen molar-refractivity contribution < 1.29 is 9.53 Å². The Morgan fingerprint density at radius 1 is 1.44 bits per heavy atom. The van der Waals surface area contributed by atoms with E-state index in [-0.39, 0.29) is 17.9 Å². The van der Waals surface area contributed by atoms with Crippen LogP contribution in [0.1, 0.15) is 30.4 Å². The van der Waals surface area contributed by atoms with E-state index in [0.717, 1.165) is 6.54 Å². The van der Waals surface area contributed by atoms with E-state index in [4.69, 9.17) is 16.3 Å². The van der Waals surface area contributed by atoms with Gasteiger partial charge in [0.2, 0.25) is 0 Å². The lowest BCUT2D eigenvalue weighted by Gasteiger charge is -2.23. The molecule has 3 nitrogen and oxygen atoms in total. The molecule has 1 atom stereocenters. The highest BCUT2D eigenvalue weighted by Gasteiger charge is 2.20. The van der Waals surface area contributed by atoms with Crippen LogP contribution in [-0.2, 0) is 4.74 Å². The molecule has 18 heavy (non-hydrogen) atoms. The molecule has 0 fully saturated rings. The van der Waals surface area contributed by atoms with E-state index in [1.807, 2.05) is 32.7 Å². The van der Waals surface area contributed by atoms with E-state index in [1.54, 1.807) is 12.1 Å². The van der Waals surface area contributed by atoms with Crippen LogP contribution in [-0.4, -0.2) is 43.0 Å². The van der Waals surface area contributed by atoms with Crippen molar-refractivity contribution in [3.8, 4) is 0 Å². The monoisotopic (exact) mass is 289 g/mol. The highest BCUT2D eigenvalue weighted by atomic mass is 35.5. The number of thiophene rings is 1. The van der Waals surface area contributed by atoms with Gasteiger partial charge in [-0.05, 0) is 40.0 Å². The second-order valence-corrected chi connectivity index (χ2v) is 6.26. The molecule has 0 amide bonds. The third-order valence-electron chi connectivity index (χ3n) is 2.75. The molecule has 0 aliphatic heterocycles. The summed E-state index contributed by atoms with van der Waals surface area (Å²) in [7, 11) is 1.93. The van der Waals surface area contributed by atoms with Gasteiger partial charge in [0.05, 0.1) is 28.0 Å². The molecule has 0 aromatic carbocycles. The molecular formula is C13H20ClNO2S. The van der Waals surface area contributed by atoms with Crippen LogP contribution in [0.4, 0.5) is 0 Å². The maximum atomic E-state index is 12.2. The topological polar surface area (TPSA) is 29.5 Å². The first-order valence-corrected chi connectivity index (χ1v) is 7.22. The average molecular weight is 290 g/mol. The van der Waals surface area contributed by atoms with Gasteiger partial charge < -0.3 is 4.74 Å². The summed E-state index contributed by atoms with van der Waals surface area (Å²) in [6.07, 6.45) is 0.223. The number of carbonyl (C=O) groups is 1. The predicted molar refractivity (Wildman–Crippen MR) is 76.8 cm³/mol. The third kappa shape index (κ3) is 4.69. The predicted octanol–water partition coefficient (Wildman–Crippen LogP) is 3.33. The number of halogens is 1. The van der Waals surface area contributed by atoms with E-state index in [0.29, 0.717) is 15.8 Å². The molecule has 0 N–H and O–H groups in total. The molecular weight excluding hydrogens is 270 g/mol. The second kappa shape index (κ2) is 7.24. The van der Waals surface area contributed by atoms with Crippen molar-refractivity contribution >= 4 is 28.7 Å². The SMILES string of the molecule is CC(C)OCCN(C)C(C)C(=O)c1ccc(Cl)s1. The van der Waals surface area contributed by atoms with Gasteiger partial charge in [-0.2, -0.15) is 0 Å². The second-order valence-electron chi connectivity index (χ2n) is 4.54. The van der Waals surface area contributed by atoms with Crippen molar-refractivity contribution in [1.29, 1.82) is 0 Å². The van der Waals surface area contributed by atoms with Gasteiger partial charge in [0.1, 0.15) is 0 Å². The van der Waals surface area contributed by atoms with Gasteiger partial charge in [0, 0.05) is 6.54 Å². The number of Topliss-reactive ketones (excluding diaryl/α,β-unsaturated/α-hetero) is 1. The van der Waals surface area contributed by atoms with Gasteiger partial charge in [0.15, 0.2) is 5.78 Å². The molecule has 0 spiro atoms. The van der Waals surface area contributed by atoms with E-state index < -0.39 is 0 Å². The largest absolute Gasteiger partial charge is 0.377 e. The minimum absolute atomic E-state index is 0.110. The fourth-order valence-corrected chi connectivity index (χ4v) is 2.54. The molecule has 5 heteroatoms. The minimum atomic E-state index is -0.157. The smallest absolute Gasteiger partial charge is 0.189 e. The number of hydrogen-bond donors (Lipinski definition) is 0. The van der Waals surface area contributed by atoms with E-state index >= 15 is 0 Å². The number of nitrogens with zero attached hydrogens (tertiary/aromatic N) is 1. The summed E-state index contributed by atoms with van der Waals surface area (Å²) in [5, 5.41) is 0. The zero-order chi connectivity index (χ0) is 13.7. The van der Waals surface area contributed by atoms with Crippen molar-refractivity contribution in [2.24, 2.45) is 0 Å². The first kappa shape index (κ1) is 15.6. The molecule has 1 aromatic heterocycles. The molecule has 0 aliphatic carbocycles. The number of hydrogen-bond acceptors (Lipinski definition) is 4. The molecule has 0 saturated carbocycles. The Kier molecular flexibility index (Phi) is 6.29. The Morgan fingerprint density at radius 2 is 2.11 bits per heavy atom. The van der Waals surface area contributed by atoms with Crippen LogP contribution in [0.2, 0.25) is 4.34 Å². The van der Waals surface area contributed by atoms with Crippen molar-refractivity contribution in [3.63, 3.8) is 0 Å². The first-order valence-electron chi connectivity index (χ1n) is 6.03. The molecule has 102 valence electrons. The van der Waals surface area contributed by atoms with Crippen LogP contribution in [0.3, 0.4) is 0 Å². The standard InChI is InChI=1S/C13H20ClNO2S/c1-9(2)17-8-7-15(4)10(3)13(16)11-5-6-12(14)18-11/h5-6,9-10H,7-8H2,1-4H3. The first-order chi connectivity index (χ1) is 8.41. The van der Waals surface area contributed by atoms with E-state index in [9.17, 15) is 4.79 Å². The summed E-state index contributed by atoms with van der Waals surface area (Å²) < 4.78 is 6.13. The van der Waals surface area contributed by atoms with E-state index in [1.165, 1.54) is 11.3 Å². The maximum absolute atomic E-state index is 12.2. The van der Waals surface area contributed by atoms with E-state index in [2.05, 4.69) is 0 Å². The van der Waals surface area contributed by atoms with Crippen LogP contribution in [0.5, 0.6) is 0 Å². The third-order valence-corrected chi connectivity index (χ3v) is 4.00. The summed E-state index contributed by atoms with van der Waals surface area (Å²) in [4.78, 5) is 14.9. The van der Waals surface area contributed by atoms with Gasteiger partial charge in [-0.1, -0.05) is 11.6 Å². The lowest BCUT2D eigenvalue weighted by atomic mass is 10.1. The molecule has 0 bridgehead atoms. The molecule has 0 radical (unpaired) electrons. The number of likely N-dealkylation sites (N-methyl/N-ethyl adjacent to an activating group) is 1. The highest BCUT2D eigenvalue weighted by molar-refractivity contribution is 7.18. The normalized spacial score (nSPS) is 13.3. The Hall–Kier alpha value is -0.420. The quantitative estimate of drug-likeness (QED) is 0.721. The zero-order valence-corrected chi connectivity index (χ0v) is 12.8. The molecule has 1 heterocycles. The van der Waals surface area contributed by atoms with Crippen molar-refractivity contribution in [1.82, 2.24) is 4.90 Å². The van der Waals surface area contributed by atoms with Gasteiger partial charge in [-0.3, -0.25) is 9.69 Å². The van der Waals surface area contributed by atoms with Crippen LogP contribution in [0, 0.1) is 0 Å². The molecule has 1 aromatic rings. The molecule has 1 unspecified atom stereocenters. The summed E-state index contributed by atoms with van der Waals surface area (Å²) in [6.45, 7) is 7.29. The molecule has 0 aliphatic rings. The Bertz CT molecular complexity index is 392. The average Bonchev–Trinajstić information content (AvgIpc) is 2.73. The summed E-state index contributed by atoms with van der Waals surface area (Å²) in [5.41, 5.74) is 0. The van der Waals surface area contributed by atoms with Gasteiger partial charge in [-0.25, -0.2) is 0 Å². The number of ether oxygens (including phenoxy) is 1. The fraction of sp³-hybridized carbons (Fsp3) is 0.615. The summed E-state index contributed by atoms with van der Waals surface area (Å²) in [6, 6.07) is 3.38. The summed E-state index contributed by atoms with van der Waals surface area (Å²) >= 11 is 7.17.